The minimum atomic E-state index is 0.424. The molecule has 0 saturated heterocycles. The van der Waals surface area contributed by atoms with Crippen LogP contribution in [0.5, 0.6) is 0 Å². The topological polar surface area (TPSA) is 0 Å². The molecule has 21 heavy (non-hydrogen) atoms. The average molecular weight is 297 g/mol. The van der Waals surface area contributed by atoms with Crippen LogP contribution in [0.2, 0.25) is 0 Å². The summed E-state index contributed by atoms with van der Waals surface area (Å²) < 4.78 is 0. The molecule has 0 rings (SSSR count). The second-order valence-electron chi connectivity index (χ2n) is 9.67. The standard InChI is InChI=1S/C21H44/c1-14(2)12-15(3)18(6)16(4)13-17(5)19(7)20(8)21(9,10)11/h14-20H,12-13H2,1-11H3. The van der Waals surface area contributed by atoms with E-state index in [-0.39, 0.29) is 0 Å². The van der Waals surface area contributed by atoms with Crippen molar-refractivity contribution in [1.82, 2.24) is 0 Å². The number of hydrogen-bond donors (Lipinski definition) is 0. The van der Waals surface area contributed by atoms with E-state index in [2.05, 4.69) is 76.2 Å². The highest BCUT2D eigenvalue weighted by Gasteiger charge is 2.30. The lowest BCUT2D eigenvalue weighted by molar-refractivity contribution is 0.119. The van der Waals surface area contributed by atoms with Crippen molar-refractivity contribution in [2.45, 2.75) is 89.0 Å². The lowest BCUT2D eigenvalue weighted by Gasteiger charge is -2.38. The average Bonchev–Trinajstić information content (AvgIpc) is 2.33. The number of rotatable bonds is 8. The molecule has 0 heteroatoms. The summed E-state index contributed by atoms with van der Waals surface area (Å²) in [5, 5.41) is 0. The third-order valence-electron chi connectivity index (χ3n) is 6.43. The van der Waals surface area contributed by atoms with E-state index in [1.165, 1.54) is 12.8 Å². The van der Waals surface area contributed by atoms with Gasteiger partial charge < -0.3 is 0 Å². The SMILES string of the molecule is CC(C)CC(C)C(C)C(C)CC(C)C(C)C(C)C(C)(C)C. The maximum Gasteiger partial charge on any atom is -0.0354 e. The third kappa shape index (κ3) is 7.20. The Labute approximate surface area is 136 Å². The second-order valence-corrected chi connectivity index (χ2v) is 9.67. The fourth-order valence-electron chi connectivity index (χ4n) is 3.82. The predicted octanol–water partition coefficient (Wildman–Crippen LogP) is 7.29. The molecule has 0 fully saturated rings. The van der Waals surface area contributed by atoms with E-state index >= 15 is 0 Å². The van der Waals surface area contributed by atoms with Gasteiger partial charge in [0.25, 0.3) is 0 Å². The zero-order valence-corrected chi connectivity index (χ0v) is 17.0. The first kappa shape index (κ1) is 21.0. The zero-order valence-electron chi connectivity index (χ0n) is 17.0. The third-order valence-corrected chi connectivity index (χ3v) is 6.43. The molecule has 0 aliphatic rings. The van der Waals surface area contributed by atoms with Gasteiger partial charge in [0.15, 0.2) is 0 Å². The van der Waals surface area contributed by atoms with Crippen LogP contribution in [0, 0.1) is 46.8 Å². The van der Waals surface area contributed by atoms with Crippen LogP contribution in [-0.4, -0.2) is 0 Å². The van der Waals surface area contributed by atoms with Gasteiger partial charge in [-0.15, -0.1) is 0 Å². The quantitative estimate of drug-likeness (QED) is 0.441. The first-order valence-electron chi connectivity index (χ1n) is 9.37. The van der Waals surface area contributed by atoms with Crippen LogP contribution >= 0.6 is 0 Å². The van der Waals surface area contributed by atoms with E-state index in [0.717, 1.165) is 41.4 Å². The number of hydrogen-bond acceptors (Lipinski definition) is 0. The predicted molar refractivity (Wildman–Crippen MR) is 98.5 cm³/mol. The Bertz CT molecular complexity index is 270. The van der Waals surface area contributed by atoms with Crippen molar-refractivity contribution in [2.75, 3.05) is 0 Å². The molecular formula is C21H44. The van der Waals surface area contributed by atoms with Crippen LogP contribution in [0.4, 0.5) is 0 Å². The van der Waals surface area contributed by atoms with Gasteiger partial charge in [0.05, 0.1) is 0 Å². The summed E-state index contributed by atoms with van der Waals surface area (Å²) >= 11 is 0. The molecule has 0 aromatic carbocycles. The molecule has 0 aromatic heterocycles. The molecule has 0 radical (unpaired) electrons. The summed E-state index contributed by atoms with van der Waals surface area (Å²) in [4.78, 5) is 0. The Morgan fingerprint density at radius 2 is 0.952 bits per heavy atom. The van der Waals surface area contributed by atoms with E-state index in [0.29, 0.717) is 5.41 Å². The van der Waals surface area contributed by atoms with Crippen molar-refractivity contribution < 1.29 is 0 Å². The Kier molecular flexibility index (Phi) is 8.59. The molecular weight excluding hydrogens is 252 g/mol. The van der Waals surface area contributed by atoms with Gasteiger partial charge in [0.2, 0.25) is 0 Å². The molecule has 0 aromatic rings. The molecule has 0 spiro atoms. The molecule has 0 aliphatic heterocycles. The Morgan fingerprint density at radius 1 is 0.571 bits per heavy atom. The first-order chi connectivity index (χ1) is 9.37. The van der Waals surface area contributed by atoms with Gasteiger partial charge in [-0.2, -0.15) is 0 Å². The van der Waals surface area contributed by atoms with Crippen molar-refractivity contribution in [3.63, 3.8) is 0 Å². The molecule has 0 aliphatic carbocycles. The van der Waals surface area contributed by atoms with E-state index in [9.17, 15) is 0 Å². The Hall–Kier alpha value is 0. The molecule has 0 heterocycles. The lowest BCUT2D eigenvalue weighted by atomic mass is 9.68. The summed E-state index contributed by atoms with van der Waals surface area (Å²) in [6.45, 7) is 26.7. The van der Waals surface area contributed by atoms with Crippen molar-refractivity contribution in [3.05, 3.63) is 0 Å². The summed E-state index contributed by atoms with van der Waals surface area (Å²) in [5.41, 5.74) is 0.424. The highest BCUT2D eigenvalue weighted by molar-refractivity contribution is 4.80. The molecule has 0 saturated carbocycles. The largest absolute Gasteiger partial charge is 0.0628 e. The zero-order chi connectivity index (χ0) is 17.0. The van der Waals surface area contributed by atoms with Crippen molar-refractivity contribution in [2.24, 2.45) is 46.8 Å². The fraction of sp³-hybridized carbons (Fsp3) is 1.00. The van der Waals surface area contributed by atoms with Gasteiger partial charge in [0.1, 0.15) is 0 Å². The smallest absolute Gasteiger partial charge is 0.0354 e. The molecule has 0 bridgehead atoms. The van der Waals surface area contributed by atoms with Crippen LogP contribution < -0.4 is 0 Å². The van der Waals surface area contributed by atoms with Crippen molar-refractivity contribution in [3.8, 4) is 0 Å². The van der Waals surface area contributed by atoms with Gasteiger partial charge >= 0.3 is 0 Å². The van der Waals surface area contributed by atoms with E-state index in [1.807, 2.05) is 0 Å². The minimum absolute atomic E-state index is 0.424. The summed E-state index contributed by atoms with van der Waals surface area (Å²) in [6, 6.07) is 0. The monoisotopic (exact) mass is 296 g/mol. The van der Waals surface area contributed by atoms with Gasteiger partial charge in [0, 0.05) is 0 Å². The van der Waals surface area contributed by atoms with E-state index in [1.54, 1.807) is 0 Å². The Balaban J connectivity index is 4.52. The lowest BCUT2D eigenvalue weighted by Crippen LogP contribution is -2.30. The van der Waals surface area contributed by atoms with Crippen LogP contribution in [0.25, 0.3) is 0 Å². The molecule has 6 unspecified atom stereocenters. The van der Waals surface area contributed by atoms with Crippen LogP contribution in [0.1, 0.15) is 89.0 Å². The molecule has 0 nitrogen and oxygen atoms in total. The Morgan fingerprint density at radius 3 is 1.33 bits per heavy atom. The van der Waals surface area contributed by atoms with Crippen LogP contribution in [-0.2, 0) is 0 Å². The van der Waals surface area contributed by atoms with Gasteiger partial charge in [-0.1, -0.05) is 76.2 Å². The van der Waals surface area contributed by atoms with E-state index in [4.69, 9.17) is 0 Å². The summed E-state index contributed by atoms with van der Waals surface area (Å²) in [7, 11) is 0. The summed E-state index contributed by atoms with van der Waals surface area (Å²) in [6.07, 6.45) is 2.75. The summed E-state index contributed by atoms with van der Waals surface area (Å²) in [5.74, 6) is 5.76. The van der Waals surface area contributed by atoms with E-state index < -0.39 is 0 Å². The van der Waals surface area contributed by atoms with Gasteiger partial charge in [-0.3, -0.25) is 0 Å². The minimum Gasteiger partial charge on any atom is -0.0628 e. The fourth-order valence-corrected chi connectivity index (χ4v) is 3.82. The molecule has 0 amide bonds. The van der Waals surface area contributed by atoms with Crippen molar-refractivity contribution in [1.29, 1.82) is 0 Å². The molecule has 0 N–H and O–H groups in total. The van der Waals surface area contributed by atoms with Crippen LogP contribution in [0.15, 0.2) is 0 Å². The highest BCUT2D eigenvalue weighted by atomic mass is 14.4. The second kappa shape index (κ2) is 8.59. The van der Waals surface area contributed by atoms with Gasteiger partial charge in [-0.05, 0) is 59.7 Å². The van der Waals surface area contributed by atoms with Crippen LogP contribution in [0.3, 0.4) is 0 Å². The highest BCUT2D eigenvalue weighted by Crippen LogP contribution is 2.39. The maximum atomic E-state index is 2.48. The van der Waals surface area contributed by atoms with Gasteiger partial charge in [-0.25, -0.2) is 0 Å². The van der Waals surface area contributed by atoms with Crippen molar-refractivity contribution >= 4 is 0 Å². The first-order valence-corrected chi connectivity index (χ1v) is 9.37. The normalized spacial score (nSPS) is 21.7. The molecule has 6 atom stereocenters. The molecule has 128 valence electrons. The maximum absolute atomic E-state index is 2.48.